The first-order chi connectivity index (χ1) is 16.3. The van der Waals surface area contributed by atoms with Gasteiger partial charge in [-0.3, -0.25) is 14.7 Å². The number of hydrogen-bond donors (Lipinski definition) is 2. The fourth-order valence-electron chi connectivity index (χ4n) is 5.52. The quantitative estimate of drug-likeness (QED) is 0.598. The number of alkyl halides is 3. The number of anilines is 1. The van der Waals surface area contributed by atoms with E-state index in [1.54, 1.807) is 6.33 Å². The van der Waals surface area contributed by atoms with Gasteiger partial charge in [-0.05, 0) is 37.3 Å². The van der Waals surface area contributed by atoms with Crippen molar-refractivity contribution in [2.45, 2.75) is 50.0 Å². The topological polar surface area (TPSA) is 111 Å². The van der Waals surface area contributed by atoms with Crippen molar-refractivity contribution in [1.82, 2.24) is 34.8 Å². The van der Waals surface area contributed by atoms with E-state index in [0.717, 1.165) is 43.4 Å². The molecule has 9 nitrogen and oxygen atoms in total. The summed E-state index contributed by atoms with van der Waals surface area (Å²) in [4.78, 5) is 10.6. The lowest BCUT2D eigenvalue weighted by Crippen LogP contribution is -2.43. The number of H-pyrrole nitrogens is 1. The highest BCUT2D eigenvalue weighted by Gasteiger charge is 2.49. The number of ether oxygens (including phenoxy) is 1. The first-order valence-corrected chi connectivity index (χ1v) is 11.5. The summed E-state index contributed by atoms with van der Waals surface area (Å²) in [6, 6.07) is 3.00. The van der Waals surface area contributed by atoms with Crippen LogP contribution in [0.2, 0.25) is 0 Å². The smallest absolute Gasteiger partial charge is 0.383 e. The maximum absolute atomic E-state index is 13.4. The van der Waals surface area contributed by atoms with Crippen molar-refractivity contribution in [2.24, 2.45) is 5.92 Å². The normalized spacial score (nSPS) is 24.3. The molecule has 2 atom stereocenters. The fraction of sp³-hybridized carbons (Fsp3) is 0.545. The van der Waals surface area contributed by atoms with E-state index in [0.29, 0.717) is 31.3 Å². The maximum Gasteiger partial charge on any atom is 0.419 e. The van der Waals surface area contributed by atoms with Crippen molar-refractivity contribution in [3.05, 3.63) is 41.7 Å². The number of nitrogens with one attached hydrogen (secondary N) is 1. The van der Waals surface area contributed by atoms with Gasteiger partial charge in [0.15, 0.2) is 0 Å². The summed E-state index contributed by atoms with van der Waals surface area (Å²) in [6.45, 7) is 2.52. The molecule has 0 aromatic carbocycles. The summed E-state index contributed by atoms with van der Waals surface area (Å²) in [5.74, 6) is 0.856. The third-order valence-corrected chi connectivity index (χ3v) is 7.41. The molecule has 1 aliphatic carbocycles. The number of halogens is 3. The number of pyridine rings is 1. The van der Waals surface area contributed by atoms with E-state index in [9.17, 15) is 13.2 Å². The van der Waals surface area contributed by atoms with Gasteiger partial charge in [0.2, 0.25) is 0 Å². The number of likely N-dealkylation sites (tertiary alicyclic amines) is 1. The molecule has 1 spiro atoms. The predicted molar refractivity (Wildman–Crippen MR) is 115 cm³/mol. The third kappa shape index (κ3) is 3.47. The Balaban J connectivity index is 1.32. The summed E-state index contributed by atoms with van der Waals surface area (Å²) in [6.07, 6.45) is 2.60. The molecule has 3 aromatic heterocycles. The highest BCUT2D eigenvalue weighted by atomic mass is 19.4. The molecule has 3 aliphatic rings. The molecule has 1 saturated heterocycles. The summed E-state index contributed by atoms with van der Waals surface area (Å²) < 4.78 is 48.3. The van der Waals surface area contributed by atoms with Crippen LogP contribution in [-0.2, 0) is 23.1 Å². The molecule has 3 N–H and O–H groups in total. The Kier molecular flexibility index (Phi) is 4.92. The molecule has 6 rings (SSSR count). The summed E-state index contributed by atoms with van der Waals surface area (Å²) in [5, 5.41) is 11.7. The Morgan fingerprint density at radius 1 is 1.21 bits per heavy atom. The average Bonchev–Trinajstić information content (AvgIpc) is 3.51. The van der Waals surface area contributed by atoms with Gasteiger partial charge in [0, 0.05) is 24.8 Å². The van der Waals surface area contributed by atoms with E-state index < -0.39 is 23.2 Å². The monoisotopic (exact) mass is 474 g/mol. The van der Waals surface area contributed by atoms with Gasteiger partial charge in [0.05, 0.1) is 36.1 Å². The van der Waals surface area contributed by atoms with Crippen LogP contribution in [0, 0.1) is 5.92 Å². The van der Waals surface area contributed by atoms with E-state index in [4.69, 9.17) is 10.5 Å². The number of fused-ring (bicyclic) bond motifs is 2. The minimum atomic E-state index is -4.58. The molecule has 0 radical (unpaired) electrons. The van der Waals surface area contributed by atoms with Crippen LogP contribution in [0.4, 0.5) is 19.0 Å². The molecule has 2 unspecified atom stereocenters. The Morgan fingerprint density at radius 3 is 2.76 bits per heavy atom. The number of aromatic amines is 1. The number of hydrogen-bond acceptors (Lipinski definition) is 7. The lowest BCUT2D eigenvalue weighted by atomic mass is 9.78. The molecule has 2 fully saturated rings. The van der Waals surface area contributed by atoms with Crippen molar-refractivity contribution in [1.29, 1.82) is 0 Å². The minimum Gasteiger partial charge on any atom is -0.383 e. The molecule has 1 saturated carbocycles. The zero-order chi connectivity index (χ0) is 23.5. The van der Waals surface area contributed by atoms with Crippen LogP contribution in [0.5, 0.6) is 0 Å². The zero-order valence-corrected chi connectivity index (χ0v) is 18.4. The van der Waals surface area contributed by atoms with Crippen molar-refractivity contribution in [2.75, 3.05) is 25.4 Å². The van der Waals surface area contributed by atoms with Gasteiger partial charge in [-0.25, -0.2) is 9.97 Å². The highest BCUT2D eigenvalue weighted by Crippen LogP contribution is 2.47. The van der Waals surface area contributed by atoms with E-state index in [1.165, 1.54) is 12.6 Å². The van der Waals surface area contributed by atoms with E-state index in [1.807, 2.05) is 10.7 Å². The number of aromatic nitrogens is 6. The number of nitrogens with two attached hydrogens (primary N) is 1. The van der Waals surface area contributed by atoms with Crippen molar-refractivity contribution in [3.63, 3.8) is 0 Å². The second-order valence-corrected chi connectivity index (χ2v) is 9.36. The van der Waals surface area contributed by atoms with Gasteiger partial charge in [0.1, 0.15) is 23.6 Å². The van der Waals surface area contributed by atoms with Crippen molar-refractivity contribution >= 4 is 5.82 Å². The van der Waals surface area contributed by atoms with Crippen LogP contribution in [0.15, 0.2) is 24.7 Å². The average molecular weight is 474 g/mol. The molecular weight excluding hydrogens is 449 g/mol. The molecule has 5 heterocycles. The lowest BCUT2D eigenvalue weighted by Gasteiger charge is -2.40. The van der Waals surface area contributed by atoms with Gasteiger partial charge in [-0.1, -0.05) is 6.42 Å². The minimum absolute atomic E-state index is 0.146. The summed E-state index contributed by atoms with van der Waals surface area (Å²) in [7, 11) is 0. The predicted octanol–water partition coefficient (Wildman–Crippen LogP) is 3.14. The molecular formula is C22H25F3N8O. The molecule has 34 heavy (non-hydrogen) atoms. The largest absolute Gasteiger partial charge is 0.419 e. The van der Waals surface area contributed by atoms with Gasteiger partial charge in [-0.15, -0.1) is 0 Å². The Hall–Kier alpha value is -2.99. The van der Waals surface area contributed by atoms with Crippen LogP contribution in [0.3, 0.4) is 0 Å². The fourth-order valence-corrected chi connectivity index (χ4v) is 5.52. The van der Waals surface area contributed by atoms with E-state index in [2.05, 4.69) is 30.2 Å². The van der Waals surface area contributed by atoms with Crippen LogP contribution >= 0.6 is 0 Å². The molecule has 12 heteroatoms. The van der Waals surface area contributed by atoms with E-state index in [-0.39, 0.29) is 11.6 Å². The summed E-state index contributed by atoms with van der Waals surface area (Å²) in [5.41, 5.74) is 5.54. The Bertz CT molecular complexity index is 1190. The van der Waals surface area contributed by atoms with Crippen LogP contribution in [0.25, 0.3) is 11.3 Å². The first-order valence-electron chi connectivity index (χ1n) is 11.5. The molecule has 2 aliphatic heterocycles. The van der Waals surface area contributed by atoms with Crippen molar-refractivity contribution in [3.8, 4) is 11.3 Å². The molecule has 180 valence electrons. The second kappa shape index (κ2) is 7.77. The molecule has 3 aromatic rings. The van der Waals surface area contributed by atoms with E-state index >= 15 is 0 Å². The molecule has 0 bridgehead atoms. The Morgan fingerprint density at radius 2 is 2.06 bits per heavy atom. The number of nitrogens with zero attached hydrogens (tertiary/aromatic N) is 6. The highest BCUT2D eigenvalue weighted by molar-refractivity contribution is 5.63. The van der Waals surface area contributed by atoms with Gasteiger partial charge in [0.25, 0.3) is 0 Å². The zero-order valence-electron chi connectivity index (χ0n) is 18.4. The number of nitrogen functional groups attached to an aromatic ring is 1. The van der Waals surface area contributed by atoms with Crippen LogP contribution < -0.4 is 5.73 Å². The van der Waals surface area contributed by atoms with Crippen LogP contribution in [0.1, 0.15) is 48.8 Å². The second-order valence-electron chi connectivity index (χ2n) is 9.36. The van der Waals surface area contributed by atoms with Gasteiger partial charge < -0.3 is 10.5 Å². The van der Waals surface area contributed by atoms with Crippen molar-refractivity contribution < 1.29 is 17.9 Å². The van der Waals surface area contributed by atoms with Gasteiger partial charge in [-0.2, -0.15) is 23.4 Å². The standard InChI is InChI=1S/C22H25F3N8O/c23-22(24,25)15-8-14(10-27-19(15)26)16-9-17-21(34-7-6-33(17)31-16)4-5-32(11-21)18(13-2-1-3-13)20-28-12-29-30-20/h8-10,12-13,18H,1-7,11H2,(H2,26,27)(H,28,29,30). The van der Waals surface area contributed by atoms with Gasteiger partial charge >= 0.3 is 6.18 Å². The SMILES string of the molecule is Nc1ncc(-c2cc3n(n2)CCOC32CCN(C(c3ncn[nH]3)C3CCC3)C2)cc1C(F)(F)F. The van der Waals surface area contributed by atoms with Crippen LogP contribution in [-0.4, -0.2) is 54.5 Å². The lowest BCUT2D eigenvalue weighted by molar-refractivity contribution is -0.137. The number of rotatable bonds is 4. The Labute approximate surface area is 193 Å². The summed E-state index contributed by atoms with van der Waals surface area (Å²) >= 11 is 0. The molecule has 0 amide bonds. The third-order valence-electron chi connectivity index (χ3n) is 7.41. The maximum atomic E-state index is 13.4. The first kappa shape index (κ1) is 21.5.